The van der Waals surface area contributed by atoms with Gasteiger partial charge in [0.15, 0.2) is 0 Å². The highest BCUT2D eigenvalue weighted by atomic mass is 14.4. The standard InChI is InChI=1S/C9H17N/c1-2-3-4-5-6-7-8-9-10/h2-7,10H2,1H3. The first-order valence-electron chi connectivity index (χ1n) is 4.10. The van der Waals surface area contributed by atoms with E-state index in [0.29, 0.717) is 0 Å². The highest BCUT2D eigenvalue weighted by molar-refractivity contribution is 4.92. The summed E-state index contributed by atoms with van der Waals surface area (Å²) >= 11 is 0. The molecule has 10 heavy (non-hydrogen) atoms. The van der Waals surface area contributed by atoms with Gasteiger partial charge in [-0.3, -0.25) is 0 Å². The van der Waals surface area contributed by atoms with E-state index in [-0.39, 0.29) is 0 Å². The predicted molar refractivity (Wildman–Crippen MR) is 45.3 cm³/mol. The molecule has 0 radical (unpaired) electrons. The Labute approximate surface area is 64.0 Å². The second-order valence-corrected chi connectivity index (χ2v) is 2.49. The van der Waals surface area contributed by atoms with Gasteiger partial charge in [-0.15, -0.1) is 0 Å². The number of hydrogen-bond acceptors (Lipinski definition) is 1. The molecule has 0 heterocycles. The first-order valence-corrected chi connectivity index (χ1v) is 4.10. The molecule has 58 valence electrons. The maximum absolute atomic E-state index is 5.01. The lowest BCUT2D eigenvalue weighted by Gasteiger charge is -1.93. The molecule has 1 heteroatoms. The summed E-state index contributed by atoms with van der Waals surface area (Å²) in [5, 5.41) is 0. The van der Waals surface area contributed by atoms with E-state index >= 15 is 0 Å². The van der Waals surface area contributed by atoms with Crippen LogP contribution in [0.15, 0.2) is 0 Å². The Hall–Kier alpha value is -0.640. The largest absolute Gasteiger partial charge is 0.359 e. The molecule has 0 amide bonds. The Morgan fingerprint density at radius 3 is 2.40 bits per heavy atom. The third kappa shape index (κ3) is 7.36. The van der Waals surface area contributed by atoms with Crippen molar-refractivity contribution in [3.63, 3.8) is 0 Å². The van der Waals surface area contributed by atoms with E-state index in [1.807, 2.05) is 0 Å². The van der Waals surface area contributed by atoms with E-state index in [1.54, 1.807) is 0 Å². The van der Waals surface area contributed by atoms with Gasteiger partial charge in [0.25, 0.3) is 0 Å². The Balaban J connectivity index is 2.82. The van der Waals surface area contributed by atoms with E-state index < -0.39 is 0 Å². The summed E-state index contributed by atoms with van der Waals surface area (Å²) in [6.07, 6.45) is 7.51. The monoisotopic (exact) mass is 139 g/mol. The number of hydrogen-bond donors (Lipinski definition) is 1. The highest BCUT2D eigenvalue weighted by Crippen LogP contribution is 2.03. The topological polar surface area (TPSA) is 26.0 Å². The van der Waals surface area contributed by atoms with Crippen molar-refractivity contribution in [1.82, 2.24) is 0 Å². The molecule has 0 saturated heterocycles. The van der Waals surface area contributed by atoms with Gasteiger partial charge in [-0.2, -0.15) is 0 Å². The molecule has 0 unspecified atom stereocenters. The Morgan fingerprint density at radius 1 is 1.10 bits per heavy atom. The lowest BCUT2D eigenvalue weighted by Crippen LogP contribution is -1.79. The van der Waals surface area contributed by atoms with E-state index in [1.165, 1.54) is 32.1 Å². The predicted octanol–water partition coefficient (Wildman–Crippen LogP) is 2.27. The molecule has 0 aliphatic rings. The second-order valence-electron chi connectivity index (χ2n) is 2.49. The normalized spacial score (nSPS) is 8.50. The van der Waals surface area contributed by atoms with Gasteiger partial charge in [-0.05, 0) is 6.42 Å². The van der Waals surface area contributed by atoms with Crippen molar-refractivity contribution in [2.75, 3.05) is 0 Å². The fraction of sp³-hybridized carbons (Fsp3) is 0.778. The van der Waals surface area contributed by atoms with Crippen molar-refractivity contribution < 1.29 is 0 Å². The van der Waals surface area contributed by atoms with Crippen LogP contribution in [0.5, 0.6) is 0 Å². The van der Waals surface area contributed by atoms with E-state index in [2.05, 4.69) is 18.9 Å². The number of unbranched alkanes of at least 4 members (excludes halogenated alkanes) is 5. The quantitative estimate of drug-likeness (QED) is 0.353. The van der Waals surface area contributed by atoms with Crippen molar-refractivity contribution >= 4 is 0 Å². The molecule has 0 aromatic carbocycles. The molecule has 0 rings (SSSR count). The summed E-state index contributed by atoms with van der Waals surface area (Å²) in [7, 11) is 0. The molecule has 0 atom stereocenters. The number of rotatable bonds is 5. The van der Waals surface area contributed by atoms with Crippen LogP contribution in [0.2, 0.25) is 0 Å². The Kier molecular flexibility index (Phi) is 7.82. The van der Waals surface area contributed by atoms with Gasteiger partial charge < -0.3 is 5.73 Å². The summed E-state index contributed by atoms with van der Waals surface area (Å²) < 4.78 is 0. The van der Waals surface area contributed by atoms with Gasteiger partial charge in [0, 0.05) is 12.5 Å². The van der Waals surface area contributed by atoms with Crippen LogP contribution >= 0.6 is 0 Å². The van der Waals surface area contributed by atoms with Crippen molar-refractivity contribution in [3.05, 3.63) is 0 Å². The molecular weight excluding hydrogens is 122 g/mol. The van der Waals surface area contributed by atoms with Crippen LogP contribution < -0.4 is 5.73 Å². The van der Waals surface area contributed by atoms with Crippen LogP contribution in [-0.2, 0) is 0 Å². The van der Waals surface area contributed by atoms with Crippen molar-refractivity contribution in [2.45, 2.75) is 45.4 Å². The fourth-order valence-corrected chi connectivity index (χ4v) is 0.889. The van der Waals surface area contributed by atoms with Crippen LogP contribution in [0.25, 0.3) is 0 Å². The molecule has 0 bridgehead atoms. The minimum absolute atomic E-state index is 0.972. The zero-order chi connectivity index (χ0) is 7.66. The molecule has 0 spiro atoms. The average molecular weight is 139 g/mol. The van der Waals surface area contributed by atoms with E-state index in [0.717, 1.165) is 6.42 Å². The van der Waals surface area contributed by atoms with Gasteiger partial charge in [-0.1, -0.05) is 38.5 Å². The lowest BCUT2D eigenvalue weighted by atomic mass is 10.1. The third-order valence-corrected chi connectivity index (χ3v) is 1.51. The molecule has 0 aliphatic heterocycles. The molecule has 0 fully saturated rings. The van der Waals surface area contributed by atoms with Crippen LogP contribution in [-0.4, -0.2) is 0 Å². The molecular formula is C9H17N. The minimum atomic E-state index is 0.972. The van der Waals surface area contributed by atoms with Gasteiger partial charge in [0.1, 0.15) is 0 Å². The van der Waals surface area contributed by atoms with Crippen LogP contribution in [0, 0.1) is 12.0 Å². The van der Waals surface area contributed by atoms with Crippen LogP contribution in [0.1, 0.15) is 45.4 Å². The van der Waals surface area contributed by atoms with E-state index in [4.69, 9.17) is 5.73 Å². The van der Waals surface area contributed by atoms with Crippen molar-refractivity contribution in [1.29, 1.82) is 0 Å². The fourth-order valence-electron chi connectivity index (χ4n) is 0.889. The zero-order valence-corrected chi connectivity index (χ0v) is 6.82. The summed E-state index contributed by atoms with van der Waals surface area (Å²) in [5.74, 6) is 2.85. The third-order valence-electron chi connectivity index (χ3n) is 1.51. The summed E-state index contributed by atoms with van der Waals surface area (Å²) in [4.78, 5) is 0. The molecule has 1 nitrogen and oxygen atoms in total. The Bertz CT molecular complexity index is 108. The van der Waals surface area contributed by atoms with Gasteiger partial charge in [-0.25, -0.2) is 0 Å². The van der Waals surface area contributed by atoms with Crippen molar-refractivity contribution in [2.24, 2.45) is 5.73 Å². The maximum atomic E-state index is 5.01. The summed E-state index contributed by atoms with van der Waals surface area (Å²) in [6, 6.07) is 2.41. The van der Waals surface area contributed by atoms with Crippen LogP contribution in [0.4, 0.5) is 0 Å². The molecule has 0 aliphatic carbocycles. The zero-order valence-electron chi connectivity index (χ0n) is 6.82. The Morgan fingerprint density at radius 2 is 1.80 bits per heavy atom. The first kappa shape index (κ1) is 9.36. The molecule has 0 aromatic heterocycles. The SMILES string of the molecule is CCCCCCCC#CN. The smallest absolute Gasteiger partial charge is 0.0107 e. The first-order chi connectivity index (χ1) is 4.91. The van der Waals surface area contributed by atoms with Gasteiger partial charge >= 0.3 is 0 Å². The van der Waals surface area contributed by atoms with Crippen LogP contribution in [0.3, 0.4) is 0 Å². The van der Waals surface area contributed by atoms with E-state index in [9.17, 15) is 0 Å². The van der Waals surface area contributed by atoms with Crippen molar-refractivity contribution in [3.8, 4) is 12.0 Å². The minimum Gasteiger partial charge on any atom is -0.359 e. The molecule has 0 aromatic rings. The molecule has 2 N–H and O–H groups in total. The number of nitrogens with two attached hydrogens (primary N) is 1. The van der Waals surface area contributed by atoms with Gasteiger partial charge in [0.05, 0.1) is 0 Å². The highest BCUT2D eigenvalue weighted by Gasteiger charge is 1.85. The summed E-state index contributed by atoms with van der Waals surface area (Å²) in [6.45, 7) is 2.22. The molecule has 0 saturated carbocycles. The average Bonchev–Trinajstić information content (AvgIpc) is 1.97. The second kappa shape index (κ2) is 8.36. The lowest BCUT2D eigenvalue weighted by molar-refractivity contribution is 0.641. The maximum Gasteiger partial charge on any atom is 0.0107 e. The summed E-state index contributed by atoms with van der Waals surface area (Å²) in [5.41, 5.74) is 5.01. The van der Waals surface area contributed by atoms with Gasteiger partial charge in [0.2, 0.25) is 0 Å².